The van der Waals surface area contributed by atoms with Crippen molar-refractivity contribution in [1.82, 2.24) is 4.98 Å². The van der Waals surface area contributed by atoms with Gasteiger partial charge in [0.25, 0.3) is 5.91 Å². The molecule has 0 atom stereocenters. The Morgan fingerprint density at radius 2 is 2.00 bits per heavy atom. The minimum atomic E-state index is -0.490. The van der Waals surface area contributed by atoms with Gasteiger partial charge in [0.1, 0.15) is 5.69 Å². The number of carbonyl (C=O) groups excluding carboxylic acids is 2. The lowest BCUT2D eigenvalue weighted by atomic mass is 10.2. The van der Waals surface area contributed by atoms with Gasteiger partial charge in [-0.05, 0) is 18.6 Å². The monoisotopic (exact) mass is 266 g/mol. The fourth-order valence-electron chi connectivity index (χ4n) is 1.31. The van der Waals surface area contributed by atoms with Crippen molar-refractivity contribution >= 4 is 11.9 Å². The smallest absolute Gasteiger partial charge is 0.305 e. The average Bonchev–Trinajstić information content (AvgIpc) is 2.45. The number of esters is 1. The third-order valence-electron chi connectivity index (χ3n) is 2.38. The molecule has 0 saturated carbocycles. The van der Waals surface area contributed by atoms with E-state index >= 15 is 0 Å². The van der Waals surface area contributed by atoms with Gasteiger partial charge < -0.3 is 10.5 Å². The highest BCUT2D eigenvalue weighted by Gasteiger charge is 1.97. The molecule has 0 unspecified atom stereocenters. The largest absolute Gasteiger partial charge is 0.469 e. The second kappa shape index (κ2) is 11.2. The third-order valence-corrected chi connectivity index (χ3v) is 2.38. The van der Waals surface area contributed by atoms with Crippen LogP contribution in [0.3, 0.4) is 0 Å². The molecule has 0 aliphatic heterocycles. The van der Waals surface area contributed by atoms with Crippen molar-refractivity contribution in [3.63, 3.8) is 0 Å². The minimum absolute atomic E-state index is 0.0869. The first-order chi connectivity index (χ1) is 9.11. The Hall–Kier alpha value is -1.91. The summed E-state index contributed by atoms with van der Waals surface area (Å²) in [4.78, 5) is 24.6. The van der Waals surface area contributed by atoms with E-state index in [4.69, 9.17) is 5.73 Å². The molecule has 0 radical (unpaired) electrons. The van der Waals surface area contributed by atoms with Crippen LogP contribution in [0.2, 0.25) is 0 Å². The summed E-state index contributed by atoms with van der Waals surface area (Å²) in [5.74, 6) is -0.577. The normalized spacial score (nSPS) is 9.16. The number of unbranched alkanes of at least 4 members (excludes halogenated alkanes) is 3. The van der Waals surface area contributed by atoms with Crippen LogP contribution in [0.1, 0.15) is 49.5 Å². The fraction of sp³-hybridized carbons (Fsp3) is 0.500. The van der Waals surface area contributed by atoms with Crippen molar-refractivity contribution in [3.05, 3.63) is 30.1 Å². The van der Waals surface area contributed by atoms with Gasteiger partial charge in [-0.15, -0.1) is 0 Å². The van der Waals surface area contributed by atoms with Crippen molar-refractivity contribution in [3.8, 4) is 0 Å². The van der Waals surface area contributed by atoms with Gasteiger partial charge in [-0.1, -0.05) is 32.3 Å². The second-order valence-corrected chi connectivity index (χ2v) is 3.97. The molecule has 0 saturated heterocycles. The van der Waals surface area contributed by atoms with E-state index in [1.54, 1.807) is 18.2 Å². The third kappa shape index (κ3) is 9.76. The van der Waals surface area contributed by atoms with Gasteiger partial charge in [-0.25, -0.2) is 0 Å². The van der Waals surface area contributed by atoms with E-state index < -0.39 is 5.91 Å². The van der Waals surface area contributed by atoms with Crippen LogP contribution >= 0.6 is 0 Å². The predicted molar refractivity (Wildman–Crippen MR) is 73.5 cm³/mol. The Morgan fingerprint density at radius 1 is 1.26 bits per heavy atom. The number of amides is 1. The fourth-order valence-corrected chi connectivity index (χ4v) is 1.31. The maximum Gasteiger partial charge on any atom is 0.305 e. The average molecular weight is 266 g/mol. The Balaban J connectivity index is 0.000000342. The SMILES string of the molecule is CCCCCCC(=O)OC.NC(=O)c1ccccn1. The summed E-state index contributed by atoms with van der Waals surface area (Å²) in [6, 6.07) is 5.02. The van der Waals surface area contributed by atoms with Crippen molar-refractivity contribution < 1.29 is 14.3 Å². The van der Waals surface area contributed by atoms with Crippen molar-refractivity contribution in [2.75, 3.05) is 7.11 Å². The van der Waals surface area contributed by atoms with Crippen LogP contribution in [0.15, 0.2) is 24.4 Å². The molecule has 0 aliphatic rings. The van der Waals surface area contributed by atoms with Crippen LogP contribution in [0, 0.1) is 0 Å². The highest BCUT2D eigenvalue weighted by atomic mass is 16.5. The second-order valence-electron chi connectivity index (χ2n) is 3.97. The summed E-state index contributed by atoms with van der Waals surface area (Å²) in [6.07, 6.45) is 6.65. The van der Waals surface area contributed by atoms with Crippen LogP contribution in [-0.2, 0) is 9.53 Å². The number of nitrogens with two attached hydrogens (primary N) is 1. The van der Waals surface area contributed by atoms with Gasteiger partial charge in [0.05, 0.1) is 7.11 Å². The molecule has 1 aromatic heterocycles. The lowest BCUT2D eigenvalue weighted by Gasteiger charge is -1.97. The maximum atomic E-state index is 10.6. The number of carbonyl (C=O) groups is 2. The molecule has 1 aromatic rings. The molecular formula is C14H22N2O3. The zero-order valence-electron chi connectivity index (χ0n) is 11.6. The Labute approximate surface area is 114 Å². The van der Waals surface area contributed by atoms with E-state index in [1.807, 2.05) is 0 Å². The van der Waals surface area contributed by atoms with E-state index in [-0.39, 0.29) is 5.97 Å². The Kier molecular flexibility index (Phi) is 10.1. The molecular weight excluding hydrogens is 244 g/mol. The van der Waals surface area contributed by atoms with Crippen molar-refractivity contribution in [1.29, 1.82) is 0 Å². The predicted octanol–water partition coefficient (Wildman–Crippen LogP) is 2.31. The van der Waals surface area contributed by atoms with Crippen molar-refractivity contribution in [2.45, 2.75) is 39.0 Å². The molecule has 5 nitrogen and oxygen atoms in total. The summed E-state index contributed by atoms with van der Waals surface area (Å²) < 4.78 is 4.49. The molecule has 0 aliphatic carbocycles. The van der Waals surface area contributed by atoms with Crippen LogP contribution < -0.4 is 5.73 Å². The first kappa shape index (κ1) is 17.1. The number of hydrogen-bond acceptors (Lipinski definition) is 4. The molecule has 19 heavy (non-hydrogen) atoms. The molecule has 2 N–H and O–H groups in total. The topological polar surface area (TPSA) is 82.3 Å². The van der Waals surface area contributed by atoms with E-state index in [0.29, 0.717) is 12.1 Å². The Bertz CT molecular complexity index is 366. The van der Waals surface area contributed by atoms with Crippen molar-refractivity contribution in [2.24, 2.45) is 5.73 Å². The van der Waals surface area contributed by atoms with Gasteiger partial charge >= 0.3 is 5.97 Å². The van der Waals surface area contributed by atoms with Gasteiger partial charge in [-0.2, -0.15) is 0 Å². The molecule has 106 valence electrons. The number of nitrogens with zero attached hydrogens (tertiary/aromatic N) is 1. The van der Waals surface area contributed by atoms with E-state index in [2.05, 4.69) is 16.6 Å². The lowest BCUT2D eigenvalue weighted by molar-refractivity contribution is -0.140. The summed E-state index contributed by atoms with van der Waals surface area (Å²) in [7, 11) is 1.43. The number of ether oxygens (including phenoxy) is 1. The van der Waals surface area contributed by atoms with Gasteiger partial charge in [0.2, 0.25) is 0 Å². The molecule has 0 bridgehead atoms. The lowest BCUT2D eigenvalue weighted by Crippen LogP contribution is -2.12. The van der Waals surface area contributed by atoms with Gasteiger partial charge in [0, 0.05) is 12.6 Å². The number of primary amides is 1. The summed E-state index contributed by atoms with van der Waals surface area (Å²) in [5, 5.41) is 0. The number of pyridine rings is 1. The van der Waals surface area contributed by atoms with Crippen LogP contribution in [0.25, 0.3) is 0 Å². The first-order valence-electron chi connectivity index (χ1n) is 6.39. The highest BCUT2D eigenvalue weighted by molar-refractivity contribution is 5.90. The summed E-state index contributed by atoms with van der Waals surface area (Å²) in [6.45, 7) is 2.15. The van der Waals surface area contributed by atoms with E-state index in [9.17, 15) is 9.59 Å². The number of rotatable bonds is 6. The van der Waals surface area contributed by atoms with Crippen LogP contribution in [-0.4, -0.2) is 24.0 Å². The standard InChI is InChI=1S/C8H16O2.C6H6N2O/c1-3-4-5-6-7-8(9)10-2;7-6(9)5-3-1-2-4-8-5/h3-7H2,1-2H3;1-4H,(H2,7,9). The summed E-state index contributed by atoms with van der Waals surface area (Å²) >= 11 is 0. The maximum absolute atomic E-state index is 10.6. The van der Waals surface area contributed by atoms with Gasteiger partial charge in [0.15, 0.2) is 0 Å². The molecule has 0 spiro atoms. The number of hydrogen-bond donors (Lipinski definition) is 1. The molecule has 5 heteroatoms. The zero-order valence-corrected chi connectivity index (χ0v) is 11.6. The van der Waals surface area contributed by atoms with Crippen LogP contribution in [0.5, 0.6) is 0 Å². The molecule has 0 fully saturated rings. The molecule has 1 rings (SSSR count). The number of methoxy groups -OCH3 is 1. The minimum Gasteiger partial charge on any atom is -0.469 e. The molecule has 1 heterocycles. The van der Waals surface area contributed by atoms with Crippen LogP contribution in [0.4, 0.5) is 0 Å². The zero-order chi connectivity index (χ0) is 14.5. The highest BCUT2D eigenvalue weighted by Crippen LogP contribution is 2.02. The van der Waals surface area contributed by atoms with Gasteiger partial charge in [-0.3, -0.25) is 14.6 Å². The molecule has 0 aromatic carbocycles. The van der Waals surface area contributed by atoms with E-state index in [0.717, 1.165) is 12.8 Å². The molecule has 1 amide bonds. The van der Waals surface area contributed by atoms with E-state index in [1.165, 1.54) is 26.1 Å². The first-order valence-corrected chi connectivity index (χ1v) is 6.39. The number of aromatic nitrogens is 1. The Morgan fingerprint density at radius 3 is 2.42 bits per heavy atom. The summed E-state index contributed by atoms with van der Waals surface area (Å²) in [5.41, 5.74) is 5.22. The quantitative estimate of drug-likeness (QED) is 0.632.